The maximum Gasteiger partial charge on any atom is 0.216 e. The van der Waals surface area contributed by atoms with Gasteiger partial charge in [0.25, 0.3) is 0 Å². The van der Waals surface area contributed by atoms with Crippen molar-refractivity contribution in [3.05, 3.63) is 75.4 Å². The molecule has 0 bridgehead atoms. The molecule has 0 aliphatic rings. The zero-order valence-corrected chi connectivity index (χ0v) is 13.4. The lowest BCUT2D eigenvalue weighted by molar-refractivity contribution is 0.103. The third-order valence-corrected chi connectivity index (χ3v) is 3.85. The first kappa shape index (κ1) is 14.8. The molecule has 22 heavy (non-hydrogen) atoms. The van der Waals surface area contributed by atoms with Gasteiger partial charge in [-0.15, -0.1) is 0 Å². The van der Waals surface area contributed by atoms with Crippen LogP contribution in [-0.4, -0.2) is 25.5 Å². The summed E-state index contributed by atoms with van der Waals surface area (Å²) in [6.45, 7) is 0.467. The standard InChI is InChI=1S/C15H10FIN4O/c16-12-2-1-10(5-13(12)17)8-21-4-3-14(20-21)15(22)11-6-18-9-19-7-11/h1-7,9H,8H2. The fourth-order valence-corrected chi connectivity index (χ4v) is 2.54. The SMILES string of the molecule is O=C(c1cncnc1)c1ccn(Cc2ccc(F)c(I)c2)n1. The zero-order valence-electron chi connectivity index (χ0n) is 11.3. The Balaban J connectivity index is 1.79. The van der Waals surface area contributed by atoms with Crippen molar-refractivity contribution in [3.8, 4) is 0 Å². The van der Waals surface area contributed by atoms with Gasteiger partial charge < -0.3 is 0 Å². The maximum absolute atomic E-state index is 13.2. The summed E-state index contributed by atoms with van der Waals surface area (Å²) in [6, 6.07) is 6.52. The molecule has 3 aromatic rings. The summed E-state index contributed by atoms with van der Waals surface area (Å²) >= 11 is 1.94. The first-order valence-electron chi connectivity index (χ1n) is 6.40. The Morgan fingerprint density at radius 2 is 2.00 bits per heavy atom. The number of ketones is 1. The van der Waals surface area contributed by atoms with Crippen LogP contribution in [0.5, 0.6) is 0 Å². The third-order valence-electron chi connectivity index (χ3n) is 3.02. The number of aromatic nitrogens is 4. The molecule has 0 amide bonds. The van der Waals surface area contributed by atoms with E-state index in [4.69, 9.17) is 0 Å². The monoisotopic (exact) mass is 408 g/mol. The number of rotatable bonds is 4. The Morgan fingerprint density at radius 3 is 2.73 bits per heavy atom. The predicted octanol–water partition coefficient (Wildman–Crippen LogP) is 2.70. The van der Waals surface area contributed by atoms with Crippen LogP contribution in [0.1, 0.15) is 21.6 Å². The summed E-state index contributed by atoms with van der Waals surface area (Å²) in [5, 5.41) is 4.25. The number of carbonyl (C=O) groups excluding carboxylic acids is 1. The molecule has 0 N–H and O–H groups in total. The van der Waals surface area contributed by atoms with E-state index < -0.39 is 0 Å². The van der Waals surface area contributed by atoms with Crippen molar-refractivity contribution < 1.29 is 9.18 Å². The Hall–Kier alpha value is -2.16. The van der Waals surface area contributed by atoms with Crippen LogP contribution in [-0.2, 0) is 6.54 Å². The molecule has 7 heteroatoms. The molecule has 2 heterocycles. The van der Waals surface area contributed by atoms with Crippen molar-refractivity contribution >= 4 is 28.4 Å². The maximum atomic E-state index is 13.2. The van der Waals surface area contributed by atoms with Gasteiger partial charge in [-0.1, -0.05) is 6.07 Å². The van der Waals surface area contributed by atoms with Crippen LogP contribution in [0.4, 0.5) is 4.39 Å². The van der Waals surface area contributed by atoms with Crippen LogP contribution in [0.2, 0.25) is 0 Å². The van der Waals surface area contributed by atoms with Crippen LogP contribution in [0.25, 0.3) is 0 Å². The fourth-order valence-electron chi connectivity index (χ4n) is 1.96. The molecule has 0 saturated heterocycles. The van der Waals surface area contributed by atoms with E-state index in [1.807, 2.05) is 22.6 Å². The highest BCUT2D eigenvalue weighted by Gasteiger charge is 2.13. The Morgan fingerprint density at radius 1 is 1.23 bits per heavy atom. The van der Waals surface area contributed by atoms with Crippen LogP contribution >= 0.6 is 22.6 Å². The third kappa shape index (κ3) is 3.19. The Bertz CT molecular complexity index is 819. The van der Waals surface area contributed by atoms with Gasteiger partial charge in [0.15, 0.2) is 0 Å². The van der Waals surface area contributed by atoms with Gasteiger partial charge in [0.2, 0.25) is 5.78 Å². The van der Waals surface area contributed by atoms with Crippen molar-refractivity contribution in [2.45, 2.75) is 6.54 Å². The lowest BCUT2D eigenvalue weighted by Gasteiger charge is -2.03. The molecule has 0 aliphatic carbocycles. The molecule has 0 unspecified atom stereocenters. The van der Waals surface area contributed by atoms with Gasteiger partial charge in [-0.2, -0.15) is 5.10 Å². The van der Waals surface area contributed by atoms with E-state index in [2.05, 4.69) is 15.1 Å². The van der Waals surface area contributed by atoms with Gasteiger partial charge in [-0.05, 0) is 46.4 Å². The number of hydrogen-bond acceptors (Lipinski definition) is 4. The highest BCUT2D eigenvalue weighted by molar-refractivity contribution is 14.1. The van der Waals surface area contributed by atoms with Gasteiger partial charge in [-0.25, -0.2) is 14.4 Å². The largest absolute Gasteiger partial charge is 0.287 e. The molecule has 0 aliphatic heterocycles. The van der Waals surface area contributed by atoms with Crippen LogP contribution in [0.3, 0.4) is 0 Å². The van der Waals surface area contributed by atoms with Crippen molar-refractivity contribution in [1.82, 2.24) is 19.7 Å². The van der Waals surface area contributed by atoms with Crippen LogP contribution in [0, 0.1) is 9.39 Å². The van der Waals surface area contributed by atoms with Gasteiger partial charge in [-0.3, -0.25) is 9.48 Å². The van der Waals surface area contributed by atoms with E-state index in [-0.39, 0.29) is 11.6 Å². The van der Waals surface area contributed by atoms with E-state index in [1.165, 1.54) is 24.8 Å². The summed E-state index contributed by atoms with van der Waals surface area (Å²) in [4.78, 5) is 19.8. The van der Waals surface area contributed by atoms with Crippen molar-refractivity contribution in [3.63, 3.8) is 0 Å². The van der Waals surface area contributed by atoms with E-state index in [0.29, 0.717) is 21.4 Å². The summed E-state index contributed by atoms with van der Waals surface area (Å²) in [5.74, 6) is -0.474. The second-order valence-electron chi connectivity index (χ2n) is 4.60. The summed E-state index contributed by atoms with van der Waals surface area (Å²) < 4.78 is 15.4. The molecule has 5 nitrogen and oxygen atoms in total. The second-order valence-corrected chi connectivity index (χ2v) is 5.77. The normalized spacial score (nSPS) is 10.6. The molecular weight excluding hydrogens is 398 g/mol. The van der Waals surface area contributed by atoms with E-state index >= 15 is 0 Å². The fraction of sp³-hybridized carbons (Fsp3) is 0.0667. The molecular formula is C15H10FIN4O. The minimum atomic E-state index is -0.246. The lowest BCUT2D eigenvalue weighted by Crippen LogP contribution is -2.06. The van der Waals surface area contributed by atoms with Gasteiger partial charge in [0, 0.05) is 22.2 Å². The van der Waals surface area contributed by atoms with Crippen molar-refractivity contribution in [2.75, 3.05) is 0 Å². The molecule has 0 radical (unpaired) electrons. The van der Waals surface area contributed by atoms with E-state index in [0.717, 1.165) is 5.56 Å². The van der Waals surface area contributed by atoms with E-state index in [1.54, 1.807) is 29.1 Å². The van der Waals surface area contributed by atoms with E-state index in [9.17, 15) is 9.18 Å². The second kappa shape index (κ2) is 6.30. The predicted molar refractivity (Wildman–Crippen MR) is 85.9 cm³/mol. The number of benzene rings is 1. The van der Waals surface area contributed by atoms with Crippen LogP contribution < -0.4 is 0 Å². The zero-order chi connectivity index (χ0) is 15.5. The highest BCUT2D eigenvalue weighted by atomic mass is 127. The molecule has 0 saturated carbocycles. The molecule has 1 aromatic carbocycles. The summed E-state index contributed by atoms with van der Waals surface area (Å²) in [6.07, 6.45) is 5.99. The Labute approximate surface area is 139 Å². The highest BCUT2D eigenvalue weighted by Crippen LogP contribution is 2.14. The average molecular weight is 408 g/mol. The first-order valence-corrected chi connectivity index (χ1v) is 7.48. The summed E-state index contributed by atoms with van der Waals surface area (Å²) in [5.41, 5.74) is 1.63. The van der Waals surface area contributed by atoms with Crippen LogP contribution in [0.15, 0.2) is 49.2 Å². The van der Waals surface area contributed by atoms with Crippen molar-refractivity contribution in [2.24, 2.45) is 0 Å². The minimum absolute atomic E-state index is 0.229. The van der Waals surface area contributed by atoms with Gasteiger partial charge >= 0.3 is 0 Å². The minimum Gasteiger partial charge on any atom is -0.287 e. The quantitative estimate of drug-likeness (QED) is 0.492. The molecule has 0 atom stereocenters. The van der Waals surface area contributed by atoms with Gasteiger partial charge in [0.05, 0.1) is 12.1 Å². The molecule has 2 aromatic heterocycles. The average Bonchev–Trinajstić information content (AvgIpc) is 2.99. The topological polar surface area (TPSA) is 60.7 Å². The van der Waals surface area contributed by atoms with Gasteiger partial charge in [0.1, 0.15) is 17.8 Å². The molecule has 0 fully saturated rings. The number of nitrogens with zero attached hydrogens (tertiary/aromatic N) is 4. The Kier molecular flexibility index (Phi) is 4.23. The number of hydrogen-bond donors (Lipinski definition) is 0. The first-order chi connectivity index (χ1) is 10.6. The lowest BCUT2D eigenvalue weighted by atomic mass is 10.2. The van der Waals surface area contributed by atoms with Crippen molar-refractivity contribution in [1.29, 1.82) is 0 Å². The number of halogens is 2. The molecule has 0 spiro atoms. The number of carbonyl (C=O) groups is 1. The molecule has 3 rings (SSSR count). The smallest absolute Gasteiger partial charge is 0.216 e. The molecule has 110 valence electrons. The summed E-state index contributed by atoms with van der Waals surface area (Å²) in [7, 11) is 0.